The minimum atomic E-state index is -0.478. The Kier molecular flexibility index (Phi) is 5.11. The molecule has 0 saturated heterocycles. The minimum absolute atomic E-state index is 0.0881. The van der Waals surface area contributed by atoms with E-state index in [2.05, 4.69) is 20.6 Å². The topological polar surface area (TPSA) is 66.9 Å². The lowest BCUT2D eigenvalue weighted by atomic mass is 10.3. The summed E-state index contributed by atoms with van der Waals surface area (Å²) >= 11 is 11.8. The van der Waals surface area contributed by atoms with E-state index < -0.39 is 11.7 Å². The number of anilines is 3. The normalized spacial score (nSPS) is 10.4. The lowest BCUT2D eigenvalue weighted by molar-refractivity contribution is 0.102. The molecule has 0 aliphatic heterocycles. The predicted molar refractivity (Wildman–Crippen MR) is 96.1 cm³/mol. The number of carbonyl (C=O) groups is 1. The minimum Gasteiger partial charge on any atom is -0.337 e. The van der Waals surface area contributed by atoms with Crippen LogP contribution in [0.15, 0.2) is 54.9 Å². The van der Waals surface area contributed by atoms with Crippen LogP contribution in [0.2, 0.25) is 10.0 Å². The number of nitrogens with zero attached hydrogens (tertiary/aromatic N) is 2. The van der Waals surface area contributed by atoms with Crippen molar-refractivity contribution in [2.45, 2.75) is 0 Å². The van der Waals surface area contributed by atoms with Crippen LogP contribution < -0.4 is 10.6 Å². The summed E-state index contributed by atoms with van der Waals surface area (Å²) in [7, 11) is 0. The molecule has 0 spiro atoms. The lowest BCUT2D eigenvalue weighted by Crippen LogP contribution is -2.14. The Balaban J connectivity index is 1.71. The van der Waals surface area contributed by atoms with Crippen LogP contribution in [0.5, 0.6) is 0 Å². The molecule has 2 aromatic carbocycles. The van der Waals surface area contributed by atoms with Gasteiger partial charge in [-0.25, -0.2) is 14.4 Å². The van der Waals surface area contributed by atoms with Crippen molar-refractivity contribution in [1.29, 1.82) is 0 Å². The van der Waals surface area contributed by atoms with Gasteiger partial charge in [0, 0.05) is 5.02 Å². The fourth-order valence-electron chi connectivity index (χ4n) is 1.99. The van der Waals surface area contributed by atoms with Crippen molar-refractivity contribution in [2.24, 2.45) is 0 Å². The smallest absolute Gasteiger partial charge is 0.275 e. The molecule has 0 bridgehead atoms. The Morgan fingerprint density at radius 3 is 2.48 bits per heavy atom. The summed E-state index contributed by atoms with van der Waals surface area (Å²) in [5.74, 6) is -0.580. The number of amides is 1. The Morgan fingerprint density at radius 2 is 1.80 bits per heavy atom. The second-order valence-electron chi connectivity index (χ2n) is 4.97. The Morgan fingerprint density at radius 1 is 1.00 bits per heavy atom. The molecule has 0 unspecified atom stereocenters. The Labute approximate surface area is 152 Å². The lowest BCUT2D eigenvalue weighted by Gasteiger charge is -2.08. The molecule has 1 amide bonds. The van der Waals surface area contributed by atoms with Crippen molar-refractivity contribution in [3.8, 4) is 0 Å². The quantitative estimate of drug-likeness (QED) is 0.678. The first kappa shape index (κ1) is 17.1. The molecular formula is C17H11Cl2FN4O. The van der Waals surface area contributed by atoms with E-state index in [9.17, 15) is 9.18 Å². The monoisotopic (exact) mass is 376 g/mol. The first-order valence-corrected chi connectivity index (χ1v) is 7.88. The van der Waals surface area contributed by atoms with Gasteiger partial charge in [-0.1, -0.05) is 35.3 Å². The Hall–Kier alpha value is -2.70. The van der Waals surface area contributed by atoms with Crippen LogP contribution in [0, 0.1) is 5.82 Å². The Bertz CT molecular complexity index is 919. The van der Waals surface area contributed by atoms with Crippen LogP contribution in [-0.4, -0.2) is 15.9 Å². The van der Waals surface area contributed by atoms with Gasteiger partial charge in [0.2, 0.25) is 0 Å². The van der Waals surface area contributed by atoms with Crippen molar-refractivity contribution in [3.63, 3.8) is 0 Å². The van der Waals surface area contributed by atoms with Gasteiger partial charge < -0.3 is 10.6 Å². The van der Waals surface area contributed by atoms with Crippen molar-refractivity contribution in [3.05, 3.63) is 76.4 Å². The number of benzene rings is 2. The SMILES string of the molecule is O=C(Nc1ccc(Cl)cc1Cl)c1cnc(Nc2ccccc2F)cn1. The molecule has 5 nitrogen and oxygen atoms in total. The van der Waals surface area contributed by atoms with E-state index in [0.29, 0.717) is 21.6 Å². The summed E-state index contributed by atoms with van der Waals surface area (Å²) in [6.45, 7) is 0. The van der Waals surface area contributed by atoms with Crippen LogP contribution >= 0.6 is 23.2 Å². The van der Waals surface area contributed by atoms with Gasteiger partial charge in [0.25, 0.3) is 5.91 Å². The summed E-state index contributed by atoms with van der Waals surface area (Å²) in [6.07, 6.45) is 2.62. The molecule has 126 valence electrons. The highest BCUT2D eigenvalue weighted by Gasteiger charge is 2.11. The predicted octanol–water partition coefficient (Wildman–Crippen LogP) is 4.92. The maximum absolute atomic E-state index is 13.6. The van der Waals surface area contributed by atoms with Crippen molar-refractivity contribution in [1.82, 2.24) is 9.97 Å². The van der Waals surface area contributed by atoms with Crippen molar-refractivity contribution >= 4 is 46.3 Å². The molecule has 25 heavy (non-hydrogen) atoms. The number of aromatic nitrogens is 2. The second kappa shape index (κ2) is 7.46. The number of hydrogen-bond acceptors (Lipinski definition) is 4. The molecular weight excluding hydrogens is 366 g/mol. The van der Waals surface area contributed by atoms with Gasteiger partial charge in [0.1, 0.15) is 17.3 Å². The molecule has 0 aliphatic rings. The third-order valence-electron chi connectivity index (χ3n) is 3.20. The molecule has 2 N–H and O–H groups in total. The molecule has 0 aliphatic carbocycles. The molecule has 1 heterocycles. The average Bonchev–Trinajstić information content (AvgIpc) is 2.60. The zero-order valence-electron chi connectivity index (χ0n) is 12.6. The number of para-hydroxylation sites is 1. The van der Waals surface area contributed by atoms with E-state index >= 15 is 0 Å². The molecule has 3 rings (SSSR count). The van der Waals surface area contributed by atoms with Gasteiger partial charge in [-0.05, 0) is 30.3 Å². The fraction of sp³-hybridized carbons (Fsp3) is 0. The average molecular weight is 377 g/mol. The van der Waals surface area contributed by atoms with E-state index in [0.717, 1.165) is 0 Å². The van der Waals surface area contributed by atoms with Gasteiger partial charge in [-0.15, -0.1) is 0 Å². The highest BCUT2D eigenvalue weighted by Crippen LogP contribution is 2.25. The first-order valence-electron chi connectivity index (χ1n) is 7.13. The van der Waals surface area contributed by atoms with E-state index in [-0.39, 0.29) is 11.4 Å². The number of nitrogens with one attached hydrogen (secondary N) is 2. The summed E-state index contributed by atoms with van der Waals surface area (Å²) in [5, 5.41) is 6.18. The van der Waals surface area contributed by atoms with E-state index in [4.69, 9.17) is 23.2 Å². The standard InChI is InChI=1S/C17H11Cl2FN4O/c18-10-5-6-13(11(19)7-10)24-17(25)15-8-22-16(9-21-15)23-14-4-2-1-3-12(14)20/h1-9H,(H,22,23)(H,24,25). The van der Waals surface area contributed by atoms with Gasteiger partial charge in [0.05, 0.1) is 28.8 Å². The van der Waals surface area contributed by atoms with Crippen molar-refractivity contribution < 1.29 is 9.18 Å². The maximum atomic E-state index is 13.6. The summed E-state index contributed by atoms with van der Waals surface area (Å²) in [6, 6.07) is 10.9. The van der Waals surface area contributed by atoms with E-state index in [1.165, 1.54) is 24.5 Å². The molecule has 0 fully saturated rings. The summed E-state index contributed by atoms with van der Waals surface area (Å²) < 4.78 is 13.6. The van der Waals surface area contributed by atoms with Gasteiger partial charge in [-0.3, -0.25) is 4.79 Å². The molecule has 1 aromatic heterocycles. The number of hydrogen-bond donors (Lipinski definition) is 2. The van der Waals surface area contributed by atoms with Crippen LogP contribution in [-0.2, 0) is 0 Å². The number of carbonyl (C=O) groups excluding carboxylic acids is 1. The van der Waals surface area contributed by atoms with Gasteiger partial charge >= 0.3 is 0 Å². The van der Waals surface area contributed by atoms with E-state index in [1.54, 1.807) is 30.3 Å². The molecule has 3 aromatic rings. The van der Waals surface area contributed by atoms with Crippen LogP contribution in [0.3, 0.4) is 0 Å². The molecule has 8 heteroatoms. The van der Waals surface area contributed by atoms with Crippen molar-refractivity contribution in [2.75, 3.05) is 10.6 Å². The highest BCUT2D eigenvalue weighted by molar-refractivity contribution is 6.36. The van der Waals surface area contributed by atoms with Crippen LogP contribution in [0.1, 0.15) is 10.5 Å². The largest absolute Gasteiger partial charge is 0.337 e. The van der Waals surface area contributed by atoms with E-state index in [1.807, 2.05) is 0 Å². The van der Waals surface area contributed by atoms with Gasteiger partial charge in [-0.2, -0.15) is 0 Å². The number of halogens is 3. The third kappa shape index (κ3) is 4.23. The zero-order chi connectivity index (χ0) is 17.8. The highest BCUT2D eigenvalue weighted by atomic mass is 35.5. The molecule has 0 atom stereocenters. The van der Waals surface area contributed by atoms with Gasteiger partial charge in [0.15, 0.2) is 0 Å². The molecule has 0 radical (unpaired) electrons. The summed E-state index contributed by atoms with van der Waals surface area (Å²) in [4.78, 5) is 20.3. The zero-order valence-corrected chi connectivity index (χ0v) is 14.1. The maximum Gasteiger partial charge on any atom is 0.275 e. The summed E-state index contributed by atoms with van der Waals surface area (Å²) in [5.41, 5.74) is 0.762. The van der Waals surface area contributed by atoms with Crippen LogP contribution in [0.25, 0.3) is 0 Å². The second-order valence-corrected chi connectivity index (χ2v) is 5.81. The first-order chi connectivity index (χ1) is 12.0. The fourth-order valence-corrected chi connectivity index (χ4v) is 2.44. The van der Waals surface area contributed by atoms with Crippen LogP contribution in [0.4, 0.5) is 21.6 Å². The number of rotatable bonds is 4. The third-order valence-corrected chi connectivity index (χ3v) is 3.75. The molecule has 0 saturated carbocycles.